The predicted molar refractivity (Wildman–Crippen MR) is 83.5 cm³/mol. The Morgan fingerprint density at radius 2 is 2.00 bits per heavy atom. The lowest BCUT2D eigenvalue weighted by molar-refractivity contribution is -0.133. The molecular weight excluding hydrogens is 320 g/mol. The Labute approximate surface area is 128 Å². The topological polar surface area (TPSA) is 49.4 Å². The van der Waals surface area contributed by atoms with Gasteiger partial charge in [0.15, 0.2) is 0 Å². The molecule has 0 unspecified atom stereocenters. The van der Waals surface area contributed by atoms with Crippen molar-refractivity contribution in [1.82, 2.24) is 10.2 Å². The molecule has 110 valence electrons. The molecule has 0 atom stereocenters. The van der Waals surface area contributed by atoms with Crippen molar-refractivity contribution in [3.8, 4) is 0 Å². The molecule has 0 aromatic heterocycles. The maximum atomic E-state index is 11.8. The molecule has 1 rings (SSSR count). The van der Waals surface area contributed by atoms with Crippen LogP contribution in [0.25, 0.3) is 0 Å². The smallest absolute Gasteiger partial charge is 0.239 e. The van der Waals surface area contributed by atoms with Crippen molar-refractivity contribution >= 4 is 27.7 Å². The summed E-state index contributed by atoms with van der Waals surface area (Å²) in [6.45, 7) is 6.20. The summed E-state index contributed by atoms with van der Waals surface area (Å²) in [5.41, 5.74) is 0.973. The highest BCUT2D eigenvalue weighted by atomic mass is 79.9. The number of amides is 2. The number of hydrogen-bond donors (Lipinski definition) is 1. The van der Waals surface area contributed by atoms with Gasteiger partial charge in [0.25, 0.3) is 0 Å². The van der Waals surface area contributed by atoms with Crippen molar-refractivity contribution in [2.45, 2.75) is 26.2 Å². The SMILES string of the molecule is CC(=O)N(C)CC(=O)NCC(C)(C)c1cccc(Br)c1. The Balaban J connectivity index is 2.59. The first-order chi connectivity index (χ1) is 9.22. The number of carbonyl (C=O) groups is 2. The normalized spacial score (nSPS) is 11.1. The summed E-state index contributed by atoms with van der Waals surface area (Å²) >= 11 is 3.45. The average molecular weight is 341 g/mol. The molecule has 0 saturated heterocycles. The number of rotatable bonds is 5. The number of benzene rings is 1. The van der Waals surface area contributed by atoms with E-state index in [1.807, 2.05) is 24.3 Å². The van der Waals surface area contributed by atoms with E-state index in [1.165, 1.54) is 11.8 Å². The number of halogens is 1. The molecule has 0 aliphatic heterocycles. The minimum atomic E-state index is -0.172. The molecule has 0 heterocycles. The number of nitrogens with zero attached hydrogens (tertiary/aromatic N) is 1. The quantitative estimate of drug-likeness (QED) is 0.894. The fourth-order valence-corrected chi connectivity index (χ4v) is 2.11. The number of hydrogen-bond acceptors (Lipinski definition) is 2. The van der Waals surface area contributed by atoms with Crippen molar-refractivity contribution in [2.75, 3.05) is 20.1 Å². The zero-order valence-corrected chi connectivity index (χ0v) is 14.0. The van der Waals surface area contributed by atoms with Crippen molar-refractivity contribution in [2.24, 2.45) is 0 Å². The van der Waals surface area contributed by atoms with E-state index < -0.39 is 0 Å². The summed E-state index contributed by atoms with van der Waals surface area (Å²) in [4.78, 5) is 24.3. The lowest BCUT2D eigenvalue weighted by Crippen LogP contribution is -2.42. The standard InChI is InChI=1S/C15H21BrN2O2/c1-11(19)18(4)9-14(20)17-10-15(2,3)12-6-5-7-13(16)8-12/h5-8H,9-10H2,1-4H3,(H,17,20). The monoisotopic (exact) mass is 340 g/mol. The molecule has 4 nitrogen and oxygen atoms in total. The van der Waals surface area contributed by atoms with E-state index in [-0.39, 0.29) is 23.8 Å². The van der Waals surface area contributed by atoms with Gasteiger partial charge in [0, 0.05) is 30.4 Å². The third kappa shape index (κ3) is 4.96. The molecule has 5 heteroatoms. The van der Waals surface area contributed by atoms with Gasteiger partial charge in [-0.2, -0.15) is 0 Å². The summed E-state index contributed by atoms with van der Waals surface area (Å²) in [6.07, 6.45) is 0. The van der Waals surface area contributed by atoms with Crippen LogP contribution >= 0.6 is 15.9 Å². The summed E-state index contributed by atoms with van der Waals surface area (Å²) in [5, 5.41) is 2.88. The number of likely N-dealkylation sites (N-methyl/N-ethyl adjacent to an activating group) is 1. The van der Waals surface area contributed by atoms with Crippen LogP contribution in [0, 0.1) is 0 Å². The van der Waals surface area contributed by atoms with E-state index in [9.17, 15) is 9.59 Å². The molecular formula is C15H21BrN2O2. The van der Waals surface area contributed by atoms with Crippen LogP contribution in [-0.4, -0.2) is 36.9 Å². The summed E-state index contributed by atoms with van der Waals surface area (Å²) < 4.78 is 1.02. The summed E-state index contributed by atoms with van der Waals surface area (Å²) in [7, 11) is 1.61. The molecule has 0 saturated carbocycles. The van der Waals surface area contributed by atoms with Crippen LogP contribution in [0.3, 0.4) is 0 Å². The van der Waals surface area contributed by atoms with Gasteiger partial charge in [-0.1, -0.05) is 41.9 Å². The molecule has 2 amide bonds. The van der Waals surface area contributed by atoms with E-state index >= 15 is 0 Å². The van der Waals surface area contributed by atoms with Gasteiger partial charge in [0.2, 0.25) is 11.8 Å². The van der Waals surface area contributed by atoms with E-state index in [4.69, 9.17) is 0 Å². The van der Waals surface area contributed by atoms with Gasteiger partial charge in [-0.3, -0.25) is 9.59 Å². The number of carbonyl (C=O) groups excluding carboxylic acids is 2. The third-order valence-electron chi connectivity index (χ3n) is 3.25. The maximum absolute atomic E-state index is 11.8. The Hall–Kier alpha value is -1.36. The minimum absolute atomic E-state index is 0.0872. The summed E-state index contributed by atoms with van der Waals surface area (Å²) in [5.74, 6) is -0.267. The molecule has 0 bridgehead atoms. The highest BCUT2D eigenvalue weighted by Crippen LogP contribution is 2.24. The van der Waals surface area contributed by atoms with Gasteiger partial charge in [0.05, 0.1) is 6.54 Å². The Bertz CT molecular complexity index is 500. The van der Waals surface area contributed by atoms with Gasteiger partial charge < -0.3 is 10.2 Å². The van der Waals surface area contributed by atoms with Crippen LogP contribution in [-0.2, 0) is 15.0 Å². The minimum Gasteiger partial charge on any atom is -0.354 e. The first kappa shape index (κ1) is 16.7. The molecule has 20 heavy (non-hydrogen) atoms. The number of nitrogens with one attached hydrogen (secondary N) is 1. The fourth-order valence-electron chi connectivity index (χ4n) is 1.71. The Morgan fingerprint density at radius 3 is 2.55 bits per heavy atom. The molecule has 0 spiro atoms. The van der Waals surface area contributed by atoms with Crippen LogP contribution in [0.5, 0.6) is 0 Å². The van der Waals surface area contributed by atoms with E-state index in [0.29, 0.717) is 6.54 Å². The highest BCUT2D eigenvalue weighted by Gasteiger charge is 2.22. The first-order valence-corrected chi connectivity index (χ1v) is 7.26. The van der Waals surface area contributed by atoms with Gasteiger partial charge in [-0.25, -0.2) is 0 Å². The fraction of sp³-hybridized carbons (Fsp3) is 0.467. The second-order valence-electron chi connectivity index (χ2n) is 5.55. The first-order valence-electron chi connectivity index (χ1n) is 6.47. The molecule has 0 aliphatic rings. The summed E-state index contributed by atoms with van der Waals surface area (Å²) in [6, 6.07) is 8.04. The van der Waals surface area contributed by atoms with E-state index in [2.05, 4.69) is 35.1 Å². The zero-order chi connectivity index (χ0) is 15.3. The van der Waals surface area contributed by atoms with Gasteiger partial charge in [-0.15, -0.1) is 0 Å². The van der Waals surface area contributed by atoms with Crippen molar-refractivity contribution < 1.29 is 9.59 Å². The second kappa shape index (κ2) is 6.88. The largest absolute Gasteiger partial charge is 0.354 e. The van der Waals surface area contributed by atoms with E-state index in [1.54, 1.807) is 7.05 Å². The molecule has 1 aromatic carbocycles. The predicted octanol–water partition coefficient (Wildman–Crippen LogP) is 2.32. The van der Waals surface area contributed by atoms with Crippen molar-refractivity contribution in [3.63, 3.8) is 0 Å². The van der Waals surface area contributed by atoms with Gasteiger partial charge >= 0.3 is 0 Å². The highest BCUT2D eigenvalue weighted by molar-refractivity contribution is 9.10. The second-order valence-corrected chi connectivity index (χ2v) is 6.46. The van der Waals surface area contributed by atoms with Crippen LogP contribution < -0.4 is 5.32 Å². The van der Waals surface area contributed by atoms with Crippen molar-refractivity contribution in [1.29, 1.82) is 0 Å². The zero-order valence-electron chi connectivity index (χ0n) is 12.4. The molecule has 0 radical (unpaired) electrons. The van der Waals surface area contributed by atoms with E-state index in [0.717, 1.165) is 10.0 Å². The van der Waals surface area contributed by atoms with Gasteiger partial charge in [-0.05, 0) is 17.7 Å². The van der Waals surface area contributed by atoms with Crippen molar-refractivity contribution in [3.05, 3.63) is 34.3 Å². The van der Waals surface area contributed by atoms with Crippen LogP contribution in [0.2, 0.25) is 0 Å². The Morgan fingerprint density at radius 1 is 1.35 bits per heavy atom. The Kier molecular flexibility index (Phi) is 5.74. The molecule has 1 aromatic rings. The molecule has 1 N–H and O–H groups in total. The lowest BCUT2D eigenvalue weighted by atomic mass is 9.84. The van der Waals surface area contributed by atoms with Crippen LogP contribution in [0.1, 0.15) is 26.3 Å². The average Bonchev–Trinajstić information content (AvgIpc) is 2.36. The lowest BCUT2D eigenvalue weighted by Gasteiger charge is -2.26. The third-order valence-corrected chi connectivity index (χ3v) is 3.75. The molecule has 0 fully saturated rings. The maximum Gasteiger partial charge on any atom is 0.239 e. The molecule has 0 aliphatic carbocycles. The van der Waals surface area contributed by atoms with Gasteiger partial charge in [0.1, 0.15) is 0 Å². The van der Waals surface area contributed by atoms with Crippen LogP contribution in [0.15, 0.2) is 28.7 Å². The van der Waals surface area contributed by atoms with Crippen LogP contribution in [0.4, 0.5) is 0 Å².